The fraction of sp³-hybridized carbons (Fsp3) is 0.250. The number of carbonyl (C=O) groups excluding carboxylic acids is 1. The third-order valence-corrected chi connectivity index (χ3v) is 4.79. The van der Waals surface area contributed by atoms with E-state index in [4.69, 9.17) is 0 Å². The monoisotopic (exact) mass is 319 g/mol. The molecular weight excluding hydrogens is 298 g/mol. The number of nitrogens with zero attached hydrogens (tertiary/aromatic N) is 2. The molecule has 0 aliphatic carbocycles. The minimum Gasteiger partial charge on any atom is -0.351 e. The largest absolute Gasteiger partial charge is 0.351 e. The van der Waals surface area contributed by atoms with Crippen LogP contribution in [-0.2, 0) is 0 Å². The second-order valence-electron chi connectivity index (χ2n) is 6.46. The minimum atomic E-state index is 0.0770. The maximum absolute atomic E-state index is 13.1. The van der Waals surface area contributed by atoms with Gasteiger partial charge in [0.05, 0.1) is 6.04 Å². The molecule has 1 N–H and O–H groups in total. The number of amides is 1. The highest BCUT2D eigenvalue weighted by molar-refractivity contribution is 5.98. The maximum Gasteiger partial charge on any atom is 0.270 e. The molecule has 0 radical (unpaired) electrons. The highest BCUT2D eigenvalue weighted by Gasteiger charge is 2.31. The smallest absolute Gasteiger partial charge is 0.270 e. The fourth-order valence-electron chi connectivity index (χ4n) is 3.47. The number of hydrogen-bond donors (Lipinski definition) is 1. The lowest BCUT2D eigenvalue weighted by atomic mass is 10.0. The van der Waals surface area contributed by atoms with Crippen LogP contribution in [0.3, 0.4) is 0 Å². The van der Waals surface area contributed by atoms with Crippen molar-refractivity contribution in [1.29, 1.82) is 0 Å². The Kier molecular flexibility index (Phi) is 3.82. The quantitative estimate of drug-likeness (QED) is 0.787. The minimum absolute atomic E-state index is 0.0770. The van der Waals surface area contributed by atoms with E-state index in [2.05, 4.69) is 29.1 Å². The SMILES string of the molecule is CN1CCN(C(=O)c2cc3ccccc3[nH]2)[C@@H](c2ccccc2)C1. The van der Waals surface area contributed by atoms with Crippen molar-refractivity contribution < 1.29 is 4.79 Å². The summed E-state index contributed by atoms with van der Waals surface area (Å²) in [6.45, 7) is 2.50. The lowest BCUT2D eigenvalue weighted by molar-refractivity contribution is 0.0493. The Morgan fingerprint density at radius 3 is 2.58 bits per heavy atom. The summed E-state index contributed by atoms with van der Waals surface area (Å²) in [5.41, 5.74) is 2.86. The van der Waals surface area contributed by atoms with Crippen molar-refractivity contribution in [3.05, 3.63) is 71.9 Å². The molecule has 4 rings (SSSR count). The lowest BCUT2D eigenvalue weighted by Gasteiger charge is -2.40. The summed E-state index contributed by atoms with van der Waals surface area (Å²) in [5.74, 6) is 0.0770. The average Bonchev–Trinajstić information content (AvgIpc) is 3.06. The Hall–Kier alpha value is -2.59. The number of H-pyrrole nitrogens is 1. The van der Waals surface area contributed by atoms with Gasteiger partial charge in [-0.2, -0.15) is 0 Å². The van der Waals surface area contributed by atoms with E-state index in [0.29, 0.717) is 5.69 Å². The molecular formula is C20H21N3O. The van der Waals surface area contributed by atoms with Crippen molar-refractivity contribution >= 4 is 16.8 Å². The van der Waals surface area contributed by atoms with Gasteiger partial charge in [0, 0.05) is 30.5 Å². The zero-order chi connectivity index (χ0) is 16.5. The molecule has 1 aromatic heterocycles. The number of piperazine rings is 1. The first-order valence-corrected chi connectivity index (χ1v) is 8.34. The molecule has 122 valence electrons. The van der Waals surface area contributed by atoms with E-state index < -0.39 is 0 Å². The molecule has 0 spiro atoms. The van der Waals surface area contributed by atoms with Gasteiger partial charge in [-0.05, 0) is 24.7 Å². The molecule has 1 fully saturated rings. The Labute approximate surface area is 141 Å². The molecule has 3 aromatic rings. The number of carbonyl (C=O) groups is 1. The first kappa shape index (κ1) is 15.0. The average molecular weight is 319 g/mol. The van der Waals surface area contributed by atoms with Crippen LogP contribution in [0.2, 0.25) is 0 Å². The molecule has 0 saturated carbocycles. The molecule has 1 saturated heterocycles. The van der Waals surface area contributed by atoms with Gasteiger partial charge in [-0.1, -0.05) is 48.5 Å². The summed E-state index contributed by atoms with van der Waals surface area (Å²) >= 11 is 0. The molecule has 1 aliphatic rings. The molecule has 0 unspecified atom stereocenters. The number of para-hydroxylation sites is 1. The van der Waals surface area contributed by atoms with E-state index in [1.54, 1.807) is 0 Å². The molecule has 24 heavy (non-hydrogen) atoms. The van der Waals surface area contributed by atoms with Gasteiger partial charge in [0.25, 0.3) is 5.91 Å². The van der Waals surface area contributed by atoms with E-state index in [-0.39, 0.29) is 11.9 Å². The Balaban J connectivity index is 1.68. The highest BCUT2D eigenvalue weighted by Crippen LogP contribution is 2.27. The van der Waals surface area contributed by atoms with E-state index in [1.165, 1.54) is 5.56 Å². The molecule has 0 bridgehead atoms. The van der Waals surface area contributed by atoms with Crippen molar-refractivity contribution in [1.82, 2.24) is 14.8 Å². The van der Waals surface area contributed by atoms with E-state index in [0.717, 1.165) is 30.5 Å². The Morgan fingerprint density at radius 1 is 1.04 bits per heavy atom. The van der Waals surface area contributed by atoms with Crippen LogP contribution in [0.15, 0.2) is 60.7 Å². The number of benzene rings is 2. The van der Waals surface area contributed by atoms with Crippen LogP contribution in [0, 0.1) is 0 Å². The summed E-state index contributed by atoms with van der Waals surface area (Å²) in [5, 5.41) is 1.08. The second kappa shape index (κ2) is 6.13. The molecule has 2 heterocycles. The molecule has 1 atom stereocenters. The van der Waals surface area contributed by atoms with Gasteiger partial charge in [0.2, 0.25) is 0 Å². The van der Waals surface area contributed by atoms with Crippen LogP contribution >= 0.6 is 0 Å². The van der Waals surface area contributed by atoms with Gasteiger partial charge < -0.3 is 14.8 Å². The van der Waals surface area contributed by atoms with Gasteiger partial charge in [0.15, 0.2) is 0 Å². The Morgan fingerprint density at radius 2 is 1.79 bits per heavy atom. The summed E-state index contributed by atoms with van der Waals surface area (Å²) in [4.78, 5) is 20.7. The summed E-state index contributed by atoms with van der Waals surface area (Å²) in [6.07, 6.45) is 0. The predicted molar refractivity (Wildman–Crippen MR) is 96.0 cm³/mol. The van der Waals surface area contributed by atoms with Crippen LogP contribution < -0.4 is 0 Å². The van der Waals surface area contributed by atoms with Crippen molar-refractivity contribution in [2.24, 2.45) is 0 Å². The van der Waals surface area contributed by atoms with E-state index in [9.17, 15) is 4.79 Å². The summed E-state index contributed by atoms with van der Waals surface area (Å²) in [6, 6.07) is 20.4. The third kappa shape index (κ3) is 2.69. The molecule has 4 nitrogen and oxygen atoms in total. The molecule has 2 aromatic carbocycles. The Bertz CT molecular complexity index is 822. The number of aromatic amines is 1. The zero-order valence-electron chi connectivity index (χ0n) is 13.8. The van der Waals surface area contributed by atoms with Crippen LogP contribution in [-0.4, -0.2) is 47.4 Å². The van der Waals surface area contributed by atoms with Crippen LogP contribution in [0.25, 0.3) is 10.9 Å². The van der Waals surface area contributed by atoms with Gasteiger partial charge >= 0.3 is 0 Å². The summed E-state index contributed by atoms with van der Waals surface area (Å²) < 4.78 is 0. The highest BCUT2D eigenvalue weighted by atomic mass is 16.2. The van der Waals surface area contributed by atoms with E-state index in [1.807, 2.05) is 53.4 Å². The molecule has 1 aliphatic heterocycles. The maximum atomic E-state index is 13.1. The number of aromatic nitrogens is 1. The van der Waals surface area contributed by atoms with Gasteiger partial charge in [-0.15, -0.1) is 0 Å². The van der Waals surface area contributed by atoms with Gasteiger partial charge in [0.1, 0.15) is 5.69 Å². The number of likely N-dealkylation sites (N-methyl/N-ethyl adjacent to an activating group) is 1. The van der Waals surface area contributed by atoms with Gasteiger partial charge in [-0.25, -0.2) is 0 Å². The number of nitrogens with one attached hydrogen (secondary N) is 1. The van der Waals surface area contributed by atoms with Crippen molar-refractivity contribution in [3.63, 3.8) is 0 Å². The van der Waals surface area contributed by atoms with E-state index >= 15 is 0 Å². The first-order chi connectivity index (χ1) is 11.7. The van der Waals surface area contributed by atoms with Crippen LogP contribution in [0.5, 0.6) is 0 Å². The standard InChI is InChI=1S/C20H21N3O/c1-22-11-12-23(19(14-22)15-7-3-2-4-8-15)20(24)18-13-16-9-5-6-10-17(16)21-18/h2-10,13,19,21H,11-12,14H2,1H3/t19-/m1/s1. The lowest BCUT2D eigenvalue weighted by Crippen LogP contribution is -2.49. The van der Waals surface area contributed by atoms with Crippen LogP contribution in [0.4, 0.5) is 0 Å². The normalized spacial score (nSPS) is 18.9. The second-order valence-corrected chi connectivity index (χ2v) is 6.46. The first-order valence-electron chi connectivity index (χ1n) is 8.34. The predicted octanol–water partition coefficient (Wildman–Crippen LogP) is 3.30. The van der Waals surface area contributed by atoms with Crippen molar-refractivity contribution in [2.45, 2.75) is 6.04 Å². The number of rotatable bonds is 2. The molecule has 4 heteroatoms. The summed E-state index contributed by atoms with van der Waals surface area (Å²) in [7, 11) is 2.11. The zero-order valence-corrected chi connectivity index (χ0v) is 13.8. The van der Waals surface area contributed by atoms with Crippen LogP contribution in [0.1, 0.15) is 22.1 Å². The third-order valence-electron chi connectivity index (χ3n) is 4.79. The number of hydrogen-bond acceptors (Lipinski definition) is 2. The topological polar surface area (TPSA) is 39.3 Å². The number of fused-ring (bicyclic) bond motifs is 1. The fourth-order valence-corrected chi connectivity index (χ4v) is 3.47. The van der Waals surface area contributed by atoms with Crippen molar-refractivity contribution in [2.75, 3.05) is 26.7 Å². The van der Waals surface area contributed by atoms with Crippen molar-refractivity contribution in [3.8, 4) is 0 Å². The van der Waals surface area contributed by atoms with Gasteiger partial charge in [-0.3, -0.25) is 4.79 Å². The molecule has 1 amide bonds.